The van der Waals surface area contributed by atoms with Gasteiger partial charge >= 0.3 is 5.76 Å². The van der Waals surface area contributed by atoms with Crippen molar-refractivity contribution in [2.24, 2.45) is 5.73 Å². The van der Waals surface area contributed by atoms with E-state index in [4.69, 9.17) is 5.73 Å². The van der Waals surface area contributed by atoms with Crippen molar-refractivity contribution in [2.75, 3.05) is 18.4 Å². The molecule has 0 aromatic heterocycles. The molecule has 102 valence electrons. The molecule has 0 saturated carbocycles. The molecule has 0 fully saturated rings. The second-order valence-electron chi connectivity index (χ2n) is 3.72. The highest BCUT2D eigenvalue weighted by Gasteiger charge is 2.28. The summed E-state index contributed by atoms with van der Waals surface area (Å²) in [6, 6.07) is 5.65. The summed E-state index contributed by atoms with van der Waals surface area (Å²) in [5, 5.41) is 2.84. The second kappa shape index (κ2) is 6.65. The van der Waals surface area contributed by atoms with Crippen LogP contribution >= 0.6 is 0 Å². The highest BCUT2D eigenvalue weighted by molar-refractivity contribution is 7.91. The van der Waals surface area contributed by atoms with Crippen molar-refractivity contribution in [3.05, 3.63) is 24.3 Å². The third-order valence-corrected chi connectivity index (χ3v) is 3.81. The van der Waals surface area contributed by atoms with Crippen LogP contribution in [0.4, 0.5) is 14.5 Å². The molecule has 3 N–H and O–H groups in total. The first kappa shape index (κ1) is 14.8. The van der Waals surface area contributed by atoms with Gasteiger partial charge in [-0.05, 0) is 31.5 Å². The number of alkyl halides is 2. The molecule has 0 radical (unpaired) electrons. The number of hydrogen-bond donors (Lipinski definition) is 2. The minimum atomic E-state index is -4.57. The van der Waals surface area contributed by atoms with E-state index in [9.17, 15) is 17.2 Å². The fraction of sp³-hybridized carbons (Fsp3) is 0.455. The Balaban J connectivity index is 2.87. The number of unbranched alkanes of at least 4 members (excludes halogenated alkanes) is 1. The van der Waals surface area contributed by atoms with Crippen LogP contribution in [0.1, 0.15) is 12.8 Å². The van der Waals surface area contributed by atoms with Crippen LogP contribution in [0.2, 0.25) is 0 Å². The number of nitrogens with one attached hydrogen (secondary N) is 1. The van der Waals surface area contributed by atoms with Crippen molar-refractivity contribution in [1.29, 1.82) is 0 Å². The van der Waals surface area contributed by atoms with Gasteiger partial charge in [-0.25, -0.2) is 8.42 Å². The maximum absolute atomic E-state index is 12.5. The van der Waals surface area contributed by atoms with Gasteiger partial charge in [0.15, 0.2) is 0 Å². The number of sulfone groups is 1. The molecule has 7 heteroatoms. The molecule has 18 heavy (non-hydrogen) atoms. The van der Waals surface area contributed by atoms with Gasteiger partial charge in [-0.2, -0.15) is 8.78 Å². The van der Waals surface area contributed by atoms with Crippen LogP contribution in [0.25, 0.3) is 0 Å². The average Bonchev–Trinajstić information content (AvgIpc) is 2.35. The molecule has 0 atom stereocenters. The molecular weight excluding hydrogens is 262 g/mol. The van der Waals surface area contributed by atoms with Gasteiger partial charge < -0.3 is 11.1 Å². The van der Waals surface area contributed by atoms with Crippen LogP contribution in [-0.4, -0.2) is 27.3 Å². The number of benzene rings is 1. The van der Waals surface area contributed by atoms with E-state index in [2.05, 4.69) is 5.32 Å². The van der Waals surface area contributed by atoms with Gasteiger partial charge in [0, 0.05) is 6.54 Å². The van der Waals surface area contributed by atoms with E-state index >= 15 is 0 Å². The number of halogens is 2. The van der Waals surface area contributed by atoms with E-state index in [0.717, 1.165) is 12.8 Å². The van der Waals surface area contributed by atoms with Crippen LogP contribution in [0.15, 0.2) is 29.2 Å². The van der Waals surface area contributed by atoms with Gasteiger partial charge in [-0.15, -0.1) is 0 Å². The zero-order chi connectivity index (χ0) is 13.6. The minimum absolute atomic E-state index is 0.204. The van der Waals surface area contributed by atoms with Crippen molar-refractivity contribution in [2.45, 2.75) is 23.5 Å². The van der Waals surface area contributed by atoms with Crippen molar-refractivity contribution in [1.82, 2.24) is 0 Å². The number of nitrogens with two attached hydrogens (primary N) is 1. The van der Waals surface area contributed by atoms with Crippen molar-refractivity contribution < 1.29 is 17.2 Å². The van der Waals surface area contributed by atoms with Crippen molar-refractivity contribution in [3.63, 3.8) is 0 Å². The molecule has 0 spiro atoms. The lowest BCUT2D eigenvalue weighted by molar-refractivity contribution is 0.235. The van der Waals surface area contributed by atoms with Gasteiger partial charge in [-0.3, -0.25) is 0 Å². The van der Waals surface area contributed by atoms with Crippen LogP contribution in [0.5, 0.6) is 0 Å². The molecule has 0 aliphatic heterocycles. The molecular formula is C11H16F2N2O2S. The van der Waals surface area contributed by atoms with E-state index in [1.807, 2.05) is 0 Å². The SMILES string of the molecule is NCCCCNc1ccccc1S(=O)(=O)C(F)F. The van der Waals surface area contributed by atoms with E-state index in [1.54, 1.807) is 6.07 Å². The molecule has 0 saturated heterocycles. The zero-order valence-electron chi connectivity index (χ0n) is 9.77. The Morgan fingerprint density at radius 1 is 1.22 bits per heavy atom. The van der Waals surface area contributed by atoms with E-state index < -0.39 is 15.6 Å². The van der Waals surface area contributed by atoms with Crippen LogP contribution in [-0.2, 0) is 9.84 Å². The molecule has 1 aromatic carbocycles. The maximum atomic E-state index is 12.5. The monoisotopic (exact) mass is 278 g/mol. The number of para-hydroxylation sites is 1. The molecule has 0 unspecified atom stereocenters. The van der Waals surface area contributed by atoms with Gasteiger partial charge in [0.25, 0.3) is 0 Å². The van der Waals surface area contributed by atoms with Crippen molar-refractivity contribution in [3.8, 4) is 0 Å². The predicted molar refractivity (Wildman–Crippen MR) is 66.4 cm³/mol. The smallest absolute Gasteiger partial charge is 0.341 e. The molecule has 0 amide bonds. The van der Waals surface area contributed by atoms with Crippen molar-refractivity contribution >= 4 is 15.5 Å². The standard InChI is InChI=1S/C11H16F2N2O2S/c12-11(13)18(16,17)10-6-2-1-5-9(10)15-8-4-3-7-14/h1-2,5-6,11,15H,3-4,7-8,14H2. The Hall–Kier alpha value is -1.21. The third kappa shape index (κ3) is 3.64. The molecule has 0 aliphatic rings. The first-order valence-electron chi connectivity index (χ1n) is 5.55. The zero-order valence-corrected chi connectivity index (χ0v) is 10.6. The van der Waals surface area contributed by atoms with E-state index in [1.165, 1.54) is 18.2 Å². The summed E-state index contributed by atoms with van der Waals surface area (Å²) in [4.78, 5) is -0.368. The third-order valence-electron chi connectivity index (χ3n) is 2.37. The largest absolute Gasteiger partial charge is 0.384 e. The normalized spacial score (nSPS) is 11.8. The number of rotatable bonds is 7. The topological polar surface area (TPSA) is 72.2 Å². The summed E-state index contributed by atoms with van der Waals surface area (Å²) in [6.45, 7) is 1.03. The number of hydrogen-bond acceptors (Lipinski definition) is 4. The van der Waals surface area contributed by atoms with E-state index in [0.29, 0.717) is 13.1 Å². The average molecular weight is 278 g/mol. The summed E-state index contributed by atoms with van der Waals surface area (Å²) in [7, 11) is -4.57. The van der Waals surface area contributed by atoms with Gasteiger partial charge in [0.05, 0.1) is 10.6 Å². The quantitative estimate of drug-likeness (QED) is 0.746. The highest BCUT2D eigenvalue weighted by atomic mass is 32.2. The molecule has 1 rings (SSSR count). The Kier molecular flexibility index (Phi) is 5.49. The molecule has 0 heterocycles. The first-order chi connectivity index (χ1) is 8.50. The van der Waals surface area contributed by atoms with Crippen LogP contribution in [0, 0.1) is 0 Å². The molecule has 0 aliphatic carbocycles. The summed E-state index contributed by atoms with van der Waals surface area (Å²) in [6.07, 6.45) is 1.54. The maximum Gasteiger partial charge on any atom is 0.341 e. The van der Waals surface area contributed by atoms with E-state index in [-0.39, 0.29) is 10.6 Å². The molecule has 1 aromatic rings. The lowest BCUT2D eigenvalue weighted by Crippen LogP contribution is -2.15. The van der Waals surface area contributed by atoms with Crippen LogP contribution < -0.4 is 11.1 Å². The summed E-state index contributed by atoms with van der Waals surface area (Å²) in [5.41, 5.74) is 5.53. The fourth-order valence-electron chi connectivity index (χ4n) is 1.45. The Morgan fingerprint density at radius 2 is 1.89 bits per heavy atom. The molecule has 0 bridgehead atoms. The van der Waals surface area contributed by atoms with Gasteiger partial charge in [0.1, 0.15) is 0 Å². The second-order valence-corrected chi connectivity index (χ2v) is 5.61. The summed E-state index contributed by atoms with van der Waals surface area (Å²) < 4.78 is 47.8. The highest BCUT2D eigenvalue weighted by Crippen LogP contribution is 2.25. The molecule has 4 nitrogen and oxygen atoms in total. The lowest BCUT2D eigenvalue weighted by Gasteiger charge is -2.11. The lowest BCUT2D eigenvalue weighted by atomic mass is 10.3. The summed E-state index contributed by atoms with van der Waals surface area (Å²) in [5.74, 6) is -3.41. The first-order valence-corrected chi connectivity index (χ1v) is 7.10. The van der Waals surface area contributed by atoms with Crippen LogP contribution in [0.3, 0.4) is 0 Å². The number of anilines is 1. The van der Waals surface area contributed by atoms with Gasteiger partial charge in [0.2, 0.25) is 9.84 Å². The fourth-order valence-corrected chi connectivity index (χ4v) is 2.36. The minimum Gasteiger partial charge on any atom is -0.384 e. The Morgan fingerprint density at radius 3 is 2.50 bits per heavy atom. The predicted octanol–water partition coefficient (Wildman–Crippen LogP) is 1.83. The summed E-state index contributed by atoms with van der Waals surface area (Å²) >= 11 is 0. The Labute approximate surface area is 105 Å². The van der Waals surface area contributed by atoms with Gasteiger partial charge in [-0.1, -0.05) is 12.1 Å². The Bertz CT molecular complexity index is 478.